The highest BCUT2D eigenvalue weighted by Gasteiger charge is 2.33. The summed E-state index contributed by atoms with van der Waals surface area (Å²) < 4.78 is 46.5. The van der Waals surface area contributed by atoms with Crippen molar-refractivity contribution >= 4 is 34.5 Å². The van der Waals surface area contributed by atoms with Gasteiger partial charge < -0.3 is 13.6 Å². The van der Waals surface area contributed by atoms with Gasteiger partial charge in [0.25, 0.3) is 0 Å². The summed E-state index contributed by atoms with van der Waals surface area (Å²) in [6.07, 6.45) is 0. The Balaban J connectivity index is 3.04. The van der Waals surface area contributed by atoms with Gasteiger partial charge in [-0.05, 0) is 12.1 Å². The Kier molecular flexibility index (Phi) is 5.31. The van der Waals surface area contributed by atoms with Gasteiger partial charge in [-0.25, -0.2) is 4.55 Å². The van der Waals surface area contributed by atoms with Crippen LogP contribution in [0.25, 0.3) is 0 Å². The van der Waals surface area contributed by atoms with Crippen molar-refractivity contribution in [3.05, 3.63) is 24.3 Å². The van der Waals surface area contributed by atoms with E-state index >= 15 is 0 Å². The van der Waals surface area contributed by atoms with Crippen molar-refractivity contribution in [2.75, 3.05) is 28.3 Å². The van der Waals surface area contributed by atoms with Crippen LogP contribution >= 0.6 is 6.72 Å². The summed E-state index contributed by atoms with van der Waals surface area (Å²) in [6, 6.07) is 6.07. The molecule has 0 spiro atoms. The van der Waals surface area contributed by atoms with E-state index in [1.165, 1.54) is 52.6 Å². The topological polar surface area (TPSA) is 82.1 Å². The van der Waals surface area contributed by atoms with Gasteiger partial charge in [0.05, 0.1) is 14.1 Å². The fourth-order valence-corrected chi connectivity index (χ4v) is 2.60. The molecule has 20 heavy (non-hydrogen) atoms. The average molecular weight is 342 g/mol. The number of hydrogen-bond donors (Lipinski definition) is 1. The maximum Gasteiger partial charge on any atom is 0.437 e. The van der Waals surface area contributed by atoms with E-state index in [1.54, 1.807) is 0 Å². The highest BCUT2D eigenvalue weighted by molar-refractivity contribution is 8.07. The largest absolute Gasteiger partial charge is 0.437 e. The first-order valence-electron chi connectivity index (χ1n) is 5.39. The predicted octanol–water partition coefficient (Wildman–Crippen LogP) is 1.95. The molecular formula is C10H17NO6PS2+. The molecule has 114 valence electrons. The maximum atomic E-state index is 11.3. The second-order valence-corrected chi connectivity index (χ2v) is 9.15. The van der Waals surface area contributed by atoms with Crippen molar-refractivity contribution in [2.24, 2.45) is 0 Å². The van der Waals surface area contributed by atoms with Crippen LogP contribution in [0.1, 0.15) is 0 Å². The van der Waals surface area contributed by atoms with Crippen LogP contribution in [-0.4, -0.2) is 41.3 Å². The van der Waals surface area contributed by atoms with Crippen LogP contribution in [0.3, 0.4) is 0 Å². The highest BCUT2D eigenvalue weighted by Crippen LogP contribution is 2.48. The number of benzene rings is 1. The van der Waals surface area contributed by atoms with Gasteiger partial charge in [0.15, 0.2) is 0 Å². The predicted molar refractivity (Wildman–Crippen MR) is 80.6 cm³/mol. The summed E-state index contributed by atoms with van der Waals surface area (Å²) in [5.74, 6) is 0.385. The van der Waals surface area contributed by atoms with Crippen LogP contribution < -0.4 is 8.41 Å². The first-order chi connectivity index (χ1) is 9.05. The van der Waals surface area contributed by atoms with E-state index in [0.29, 0.717) is 11.4 Å². The van der Waals surface area contributed by atoms with Gasteiger partial charge in [-0.3, -0.25) is 0 Å². The Bertz CT molecular complexity index is 605. The van der Waals surface area contributed by atoms with E-state index in [9.17, 15) is 13.0 Å². The molecule has 0 aliphatic carbocycles. The van der Waals surface area contributed by atoms with E-state index in [-0.39, 0.29) is 0 Å². The molecule has 0 heterocycles. The third kappa shape index (κ3) is 3.76. The molecule has 0 aliphatic heterocycles. The van der Waals surface area contributed by atoms with Gasteiger partial charge >= 0.3 is 17.0 Å². The molecule has 1 aromatic carbocycles. The second-order valence-electron chi connectivity index (χ2n) is 4.20. The smallest absolute Gasteiger partial charge is 0.424 e. The summed E-state index contributed by atoms with van der Waals surface area (Å²) in [7, 11) is 1.19. The zero-order valence-corrected chi connectivity index (χ0v) is 14.0. The minimum absolute atomic E-state index is 0.364. The third-order valence-electron chi connectivity index (χ3n) is 2.70. The van der Waals surface area contributed by atoms with Gasteiger partial charge in [0, 0.05) is 38.2 Å². The Morgan fingerprint density at radius 1 is 1.15 bits per heavy atom. The van der Waals surface area contributed by atoms with Crippen LogP contribution in [0.15, 0.2) is 24.3 Å². The van der Waals surface area contributed by atoms with E-state index in [2.05, 4.69) is 0 Å². The zero-order chi connectivity index (χ0) is 15.6. The van der Waals surface area contributed by atoms with Crippen molar-refractivity contribution in [1.29, 1.82) is 0 Å². The van der Waals surface area contributed by atoms with Crippen LogP contribution in [0.4, 0.5) is 5.69 Å². The molecule has 1 aromatic rings. The molecule has 0 aromatic heterocycles. The lowest BCUT2D eigenvalue weighted by Crippen LogP contribution is -2.45. The van der Waals surface area contributed by atoms with Crippen molar-refractivity contribution in [1.82, 2.24) is 3.89 Å². The second kappa shape index (κ2) is 6.07. The van der Waals surface area contributed by atoms with Gasteiger partial charge in [0.1, 0.15) is 11.4 Å². The lowest BCUT2D eigenvalue weighted by Gasteiger charge is -2.24. The molecule has 0 aliphatic rings. The van der Waals surface area contributed by atoms with Gasteiger partial charge in [0.2, 0.25) is 0 Å². The molecule has 0 saturated carbocycles. The number of hydrogen-bond acceptors (Lipinski definition) is 6. The Morgan fingerprint density at radius 3 is 1.95 bits per heavy atom. The molecule has 0 unspecified atom stereocenters. The van der Waals surface area contributed by atoms with Crippen molar-refractivity contribution < 1.29 is 26.5 Å². The van der Waals surface area contributed by atoms with Gasteiger partial charge in [-0.15, -0.1) is 8.42 Å². The van der Waals surface area contributed by atoms with Crippen molar-refractivity contribution in [3.8, 4) is 5.75 Å². The number of quaternary nitrogens is 1. The molecule has 1 rings (SSSR count). The Hall–Kier alpha value is -0.540. The third-order valence-corrected chi connectivity index (χ3v) is 6.51. The zero-order valence-electron chi connectivity index (χ0n) is 11.5. The monoisotopic (exact) mass is 342 g/mol. The summed E-state index contributed by atoms with van der Waals surface area (Å²) in [5.41, 5.74) is 0.364. The molecule has 10 heteroatoms. The van der Waals surface area contributed by atoms with E-state index in [4.69, 9.17) is 25.4 Å². The normalized spacial score (nSPS) is 13.2. The van der Waals surface area contributed by atoms with E-state index < -0.39 is 20.9 Å². The van der Waals surface area contributed by atoms with Crippen molar-refractivity contribution in [3.63, 3.8) is 0 Å². The van der Waals surface area contributed by atoms with Crippen molar-refractivity contribution in [2.45, 2.75) is 0 Å². The fraction of sp³-hybridized carbons (Fsp3) is 0.400. The van der Waals surface area contributed by atoms with E-state index in [1.807, 2.05) is 0 Å². The molecule has 0 amide bonds. The Labute approximate surface area is 123 Å². The number of rotatable bonds is 6. The summed E-state index contributed by atoms with van der Waals surface area (Å²) in [4.78, 5) is 0. The molecule has 1 N–H and O–H groups in total. The van der Waals surface area contributed by atoms with Crippen LogP contribution in [-0.2, 0) is 31.2 Å². The van der Waals surface area contributed by atoms with E-state index in [0.717, 1.165) is 0 Å². The lowest BCUT2D eigenvalue weighted by atomic mass is 10.3. The first kappa shape index (κ1) is 17.5. The number of nitrogens with zero attached hydrogens (tertiary/aromatic N) is 1. The SMILES string of the molecule is COP(=S)(OC)Oc1ccc([N+](C)(C)S(=O)(=O)O)cc1. The average Bonchev–Trinajstić information content (AvgIpc) is 2.38. The standard InChI is InChI=1S/C10H16NO6PS2/c1-11(2,20(12,13)14)9-5-7-10(8-6-9)17-18(19,15-3)16-4/h5-8H,1-4H3/p+1. The molecule has 7 nitrogen and oxygen atoms in total. The molecular weight excluding hydrogens is 325 g/mol. The summed E-state index contributed by atoms with van der Waals surface area (Å²) in [6.45, 7) is -2.83. The molecule has 0 radical (unpaired) electrons. The van der Waals surface area contributed by atoms with Crippen LogP contribution in [0.2, 0.25) is 0 Å². The minimum atomic E-state index is -4.28. The van der Waals surface area contributed by atoms with Crippen LogP contribution in [0, 0.1) is 0 Å². The van der Waals surface area contributed by atoms with Gasteiger partial charge in [-0.2, -0.15) is 3.89 Å². The lowest BCUT2D eigenvalue weighted by molar-refractivity contribution is 0.273. The molecule has 0 fully saturated rings. The highest BCUT2D eigenvalue weighted by atomic mass is 32.5. The first-order valence-corrected chi connectivity index (χ1v) is 9.34. The molecule has 0 saturated heterocycles. The Morgan fingerprint density at radius 2 is 1.60 bits per heavy atom. The minimum Gasteiger partial charge on any atom is -0.424 e. The van der Waals surface area contributed by atoms with Gasteiger partial charge in [-0.1, -0.05) is 0 Å². The summed E-state index contributed by atoms with van der Waals surface area (Å²) in [5, 5.41) is 0. The van der Waals surface area contributed by atoms with Crippen LogP contribution in [0.5, 0.6) is 5.75 Å². The quantitative estimate of drug-likeness (QED) is 0.481. The molecule has 0 bridgehead atoms. The maximum absolute atomic E-state index is 11.3. The summed E-state index contributed by atoms with van der Waals surface area (Å²) >= 11 is 5.06. The fourth-order valence-electron chi connectivity index (χ4n) is 1.28. The molecule has 0 atom stereocenters.